The van der Waals surface area contributed by atoms with Crippen molar-refractivity contribution in [3.63, 3.8) is 0 Å². The molecule has 0 aliphatic carbocycles. The lowest BCUT2D eigenvalue weighted by atomic mass is 10.2. The van der Waals surface area contributed by atoms with Crippen LogP contribution in [0, 0.1) is 0 Å². The molecule has 1 amide bonds. The normalized spacial score (nSPS) is 15.9. The summed E-state index contributed by atoms with van der Waals surface area (Å²) in [5.41, 5.74) is 0. The first-order chi connectivity index (χ1) is 5.92. The molecule has 0 rings (SSSR count). The van der Waals surface area contributed by atoms with Gasteiger partial charge in [0.05, 0.1) is 1.37 Å². The summed E-state index contributed by atoms with van der Waals surface area (Å²) in [6.45, 7) is 0. The summed E-state index contributed by atoms with van der Waals surface area (Å²) < 4.78 is 7.30. The minimum absolute atomic E-state index is 0.0597. The SMILES string of the molecule is [2H][C@@](CCSC)(N[13C](=O)O)C(=O)O. The predicted molar refractivity (Wildman–Crippen MR) is 45.6 cm³/mol. The van der Waals surface area contributed by atoms with Crippen molar-refractivity contribution in [2.24, 2.45) is 0 Å². The maximum Gasteiger partial charge on any atom is 0.405 e. The second kappa shape index (κ2) is 5.70. The molecule has 0 saturated heterocycles. The fourth-order valence-electron chi connectivity index (χ4n) is 0.556. The van der Waals surface area contributed by atoms with Crippen molar-refractivity contribution in [1.82, 2.24) is 5.32 Å². The second-order valence-electron chi connectivity index (χ2n) is 1.96. The van der Waals surface area contributed by atoms with E-state index in [4.69, 9.17) is 11.6 Å². The fourth-order valence-corrected chi connectivity index (χ4v) is 0.964. The van der Waals surface area contributed by atoms with Gasteiger partial charge in [-0.25, -0.2) is 9.59 Å². The van der Waals surface area contributed by atoms with Gasteiger partial charge in [0.15, 0.2) is 0 Å². The van der Waals surface area contributed by atoms with Gasteiger partial charge in [-0.2, -0.15) is 11.8 Å². The smallest absolute Gasteiger partial charge is 0.405 e. The third-order valence-corrected chi connectivity index (χ3v) is 1.68. The monoisotopic (exact) mass is 195 g/mol. The number of hydrogen-bond acceptors (Lipinski definition) is 3. The van der Waals surface area contributed by atoms with E-state index >= 15 is 0 Å². The van der Waals surface area contributed by atoms with Crippen LogP contribution in [0.25, 0.3) is 0 Å². The van der Waals surface area contributed by atoms with Crippen LogP contribution in [-0.4, -0.2) is 40.3 Å². The molecule has 3 N–H and O–H groups in total. The van der Waals surface area contributed by atoms with Crippen LogP contribution in [0.2, 0.25) is 0 Å². The number of carboxylic acids is 1. The molecule has 0 saturated carbocycles. The van der Waals surface area contributed by atoms with Crippen LogP contribution in [0.5, 0.6) is 0 Å². The Morgan fingerprint density at radius 1 is 1.67 bits per heavy atom. The molecule has 0 aromatic carbocycles. The zero-order valence-corrected chi connectivity index (χ0v) is 7.35. The Morgan fingerprint density at radius 3 is 2.58 bits per heavy atom. The molecule has 12 heavy (non-hydrogen) atoms. The molecule has 0 aliphatic heterocycles. The molecule has 0 bridgehead atoms. The Morgan fingerprint density at radius 2 is 2.25 bits per heavy atom. The van der Waals surface area contributed by atoms with Gasteiger partial charge in [-0.15, -0.1) is 0 Å². The third kappa shape index (κ3) is 4.84. The van der Waals surface area contributed by atoms with Gasteiger partial charge in [-0.3, -0.25) is 0 Å². The number of aliphatic carboxylic acids is 1. The molecule has 0 radical (unpaired) electrons. The predicted octanol–water partition coefficient (Wildman–Crippen LogP) is 0.460. The second-order valence-corrected chi connectivity index (χ2v) is 2.94. The molecule has 0 aromatic heterocycles. The fraction of sp³-hybridized carbons (Fsp3) is 0.667. The molecule has 5 nitrogen and oxygen atoms in total. The number of thioether (sulfide) groups is 1. The van der Waals surface area contributed by atoms with Crippen molar-refractivity contribution in [2.75, 3.05) is 12.0 Å². The highest BCUT2D eigenvalue weighted by molar-refractivity contribution is 7.98. The summed E-state index contributed by atoms with van der Waals surface area (Å²) >= 11 is 1.36. The van der Waals surface area contributed by atoms with Crippen LogP contribution in [0.3, 0.4) is 0 Å². The summed E-state index contributed by atoms with van der Waals surface area (Å²) in [7, 11) is 0. The van der Waals surface area contributed by atoms with E-state index in [1.54, 1.807) is 11.6 Å². The Hall–Kier alpha value is -0.910. The van der Waals surface area contributed by atoms with Crippen LogP contribution < -0.4 is 5.32 Å². The van der Waals surface area contributed by atoms with Crippen molar-refractivity contribution < 1.29 is 21.2 Å². The van der Waals surface area contributed by atoms with Gasteiger partial charge in [0.2, 0.25) is 0 Å². The highest BCUT2D eigenvalue weighted by Crippen LogP contribution is 2.00. The Bertz CT molecular complexity index is 213. The number of amides is 1. The molecular weight excluding hydrogens is 183 g/mol. The lowest BCUT2D eigenvalue weighted by molar-refractivity contribution is -0.139. The standard InChI is InChI=1S/C6H11NO4S/c1-12-3-2-4(5(8)9)7-6(10)11/h4,7H,2-3H2,1H3,(H,8,9)(H,10,11)/t4-/m0/s1/i4D,6+1. The summed E-state index contributed by atoms with van der Waals surface area (Å²) in [5.74, 6) is -1.07. The van der Waals surface area contributed by atoms with Crippen LogP contribution in [-0.2, 0) is 4.79 Å². The van der Waals surface area contributed by atoms with Gasteiger partial charge in [-0.1, -0.05) is 0 Å². The molecule has 6 heteroatoms. The first kappa shape index (κ1) is 9.18. The zero-order chi connectivity index (χ0) is 10.5. The van der Waals surface area contributed by atoms with Crippen LogP contribution in [0.15, 0.2) is 0 Å². The quantitative estimate of drug-likeness (QED) is 0.555. The summed E-state index contributed by atoms with van der Waals surface area (Å²) in [5, 5.41) is 18.5. The van der Waals surface area contributed by atoms with Gasteiger partial charge < -0.3 is 15.5 Å². The summed E-state index contributed by atoms with van der Waals surface area (Å²) in [6, 6.07) is -2.13. The Kier molecular flexibility index (Phi) is 4.36. The summed E-state index contributed by atoms with van der Waals surface area (Å²) in [4.78, 5) is 20.7. The molecular formula is C6H11NO4S. The van der Waals surface area contributed by atoms with Gasteiger partial charge in [-0.05, 0) is 18.4 Å². The average molecular weight is 195 g/mol. The van der Waals surface area contributed by atoms with Crippen molar-refractivity contribution in [2.45, 2.75) is 12.4 Å². The van der Waals surface area contributed by atoms with Gasteiger partial charge in [0.25, 0.3) is 0 Å². The van der Waals surface area contributed by atoms with E-state index < -0.39 is 18.1 Å². The Balaban J connectivity index is 4.34. The van der Waals surface area contributed by atoms with E-state index in [0.29, 0.717) is 5.75 Å². The zero-order valence-electron chi connectivity index (χ0n) is 7.53. The van der Waals surface area contributed by atoms with Gasteiger partial charge in [0.1, 0.15) is 6.02 Å². The van der Waals surface area contributed by atoms with Gasteiger partial charge >= 0.3 is 12.1 Å². The minimum atomic E-state index is -2.13. The first-order valence-electron chi connectivity index (χ1n) is 3.66. The van der Waals surface area contributed by atoms with E-state index in [-0.39, 0.29) is 6.42 Å². The lowest BCUT2D eigenvalue weighted by Gasteiger charge is -2.10. The van der Waals surface area contributed by atoms with Crippen molar-refractivity contribution in [3.8, 4) is 0 Å². The number of rotatable bonds is 5. The number of nitrogens with one attached hydrogen (secondary N) is 1. The average Bonchev–Trinajstić information content (AvgIpc) is 1.99. The van der Waals surface area contributed by atoms with Crippen LogP contribution >= 0.6 is 11.8 Å². The van der Waals surface area contributed by atoms with E-state index in [2.05, 4.69) is 0 Å². The Labute approximate surface area is 75.6 Å². The maximum atomic E-state index is 10.5. The van der Waals surface area contributed by atoms with Crippen molar-refractivity contribution >= 4 is 23.8 Å². The molecule has 0 heterocycles. The highest BCUT2D eigenvalue weighted by Gasteiger charge is 2.18. The van der Waals surface area contributed by atoms with Crippen LogP contribution in [0.1, 0.15) is 7.79 Å². The lowest BCUT2D eigenvalue weighted by Crippen LogP contribution is -2.40. The van der Waals surface area contributed by atoms with Crippen LogP contribution in [0.4, 0.5) is 4.79 Å². The molecule has 0 unspecified atom stereocenters. The van der Waals surface area contributed by atoms with E-state index in [1.807, 2.05) is 0 Å². The largest absolute Gasteiger partial charge is 0.480 e. The van der Waals surface area contributed by atoms with Gasteiger partial charge in [0, 0.05) is 0 Å². The highest BCUT2D eigenvalue weighted by atomic mass is 32.2. The van der Waals surface area contributed by atoms with Crippen molar-refractivity contribution in [3.05, 3.63) is 0 Å². The van der Waals surface area contributed by atoms with Crippen molar-refractivity contribution in [1.29, 1.82) is 0 Å². The van der Waals surface area contributed by atoms with E-state index in [0.717, 1.165) is 0 Å². The topological polar surface area (TPSA) is 86.6 Å². The molecule has 70 valence electrons. The molecule has 0 aromatic rings. The molecule has 0 fully saturated rings. The first-order valence-corrected chi connectivity index (χ1v) is 4.55. The van der Waals surface area contributed by atoms with E-state index in [1.165, 1.54) is 11.8 Å². The summed E-state index contributed by atoms with van der Waals surface area (Å²) in [6.07, 6.45) is 0.192. The molecule has 1 atom stereocenters. The third-order valence-electron chi connectivity index (χ3n) is 1.07. The number of hydrogen-bond donors (Lipinski definition) is 3. The number of carbonyl (C=O) groups is 2. The minimum Gasteiger partial charge on any atom is -0.480 e. The maximum absolute atomic E-state index is 10.5. The molecule has 0 aliphatic rings. The van der Waals surface area contributed by atoms with E-state index in [9.17, 15) is 9.59 Å². The number of carboxylic acid groups (broad SMARTS) is 2. The molecule has 0 spiro atoms.